The molecule has 3 nitrogen and oxygen atoms in total. The summed E-state index contributed by atoms with van der Waals surface area (Å²) in [4.78, 5) is 11.2. The van der Waals surface area contributed by atoms with Gasteiger partial charge in [0.1, 0.15) is 0 Å². The lowest BCUT2D eigenvalue weighted by atomic mass is 9.96. The molecule has 1 fully saturated rings. The van der Waals surface area contributed by atoms with E-state index in [1.807, 2.05) is 18.5 Å². The van der Waals surface area contributed by atoms with Gasteiger partial charge in [-0.2, -0.15) is 0 Å². The highest BCUT2D eigenvalue weighted by atomic mass is 15.3. The molecule has 1 saturated heterocycles. The number of hydrogen-bond acceptors (Lipinski definition) is 3. The van der Waals surface area contributed by atoms with Crippen molar-refractivity contribution in [2.45, 2.75) is 38.1 Å². The first-order valence-electron chi connectivity index (χ1n) is 7.51. The number of anilines is 1. The fourth-order valence-electron chi connectivity index (χ4n) is 2.98. The summed E-state index contributed by atoms with van der Waals surface area (Å²) in [5.41, 5.74) is 1.42. The van der Waals surface area contributed by atoms with Crippen molar-refractivity contribution < 1.29 is 0 Å². The first-order chi connectivity index (χ1) is 9.93. The van der Waals surface area contributed by atoms with Crippen LogP contribution in [0.2, 0.25) is 0 Å². The summed E-state index contributed by atoms with van der Waals surface area (Å²) in [5.74, 6) is 0.894. The Morgan fingerprint density at radius 3 is 2.60 bits per heavy atom. The van der Waals surface area contributed by atoms with Crippen molar-refractivity contribution in [1.29, 1.82) is 0 Å². The van der Waals surface area contributed by atoms with Crippen LogP contribution in [0.1, 0.15) is 31.2 Å². The standard InChI is InChI=1S/C17H21N3/c1-2-7-15(8-3-1)10-11-16-9-4-5-14-20(16)17-18-12-6-13-19-17/h1-3,6-8,12-13,16H,4-5,9-11,14H2. The third kappa shape index (κ3) is 3.16. The SMILES string of the molecule is c1ccc(CCC2CCCCN2c2ncccn2)cc1. The topological polar surface area (TPSA) is 29.0 Å². The van der Waals surface area contributed by atoms with Gasteiger partial charge in [0, 0.05) is 25.0 Å². The molecule has 2 heterocycles. The number of piperidine rings is 1. The van der Waals surface area contributed by atoms with Crippen LogP contribution in [0.15, 0.2) is 48.8 Å². The molecule has 0 bridgehead atoms. The third-order valence-electron chi connectivity index (χ3n) is 4.05. The first kappa shape index (κ1) is 13.1. The van der Waals surface area contributed by atoms with Crippen LogP contribution < -0.4 is 4.90 Å². The van der Waals surface area contributed by atoms with Gasteiger partial charge in [-0.15, -0.1) is 0 Å². The van der Waals surface area contributed by atoms with Gasteiger partial charge < -0.3 is 4.90 Å². The van der Waals surface area contributed by atoms with Gasteiger partial charge in [0.05, 0.1) is 0 Å². The fourth-order valence-corrected chi connectivity index (χ4v) is 2.98. The molecule has 0 aliphatic carbocycles. The highest BCUT2D eigenvalue weighted by molar-refractivity contribution is 5.31. The minimum atomic E-state index is 0.575. The Balaban J connectivity index is 1.67. The molecule has 0 saturated carbocycles. The Bertz CT molecular complexity index is 512. The van der Waals surface area contributed by atoms with Gasteiger partial charge in [0.25, 0.3) is 0 Å². The maximum absolute atomic E-state index is 4.42. The van der Waals surface area contributed by atoms with Gasteiger partial charge in [-0.05, 0) is 43.7 Å². The lowest BCUT2D eigenvalue weighted by molar-refractivity contribution is 0.431. The molecular formula is C17H21N3. The van der Waals surface area contributed by atoms with Crippen molar-refractivity contribution in [2.75, 3.05) is 11.4 Å². The molecule has 1 aromatic heterocycles. The van der Waals surface area contributed by atoms with E-state index < -0.39 is 0 Å². The second-order valence-electron chi connectivity index (χ2n) is 5.42. The van der Waals surface area contributed by atoms with Crippen LogP contribution in [0.5, 0.6) is 0 Å². The summed E-state index contributed by atoms with van der Waals surface area (Å²) in [6.45, 7) is 1.09. The van der Waals surface area contributed by atoms with Crippen LogP contribution in [-0.4, -0.2) is 22.6 Å². The first-order valence-corrected chi connectivity index (χ1v) is 7.51. The molecule has 1 atom stereocenters. The Kier molecular flexibility index (Phi) is 4.26. The van der Waals surface area contributed by atoms with Gasteiger partial charge in [0.15, 0.2) is 0 Å². The number of rotatable bonds is 4. The Morgan fingerprint density at radius 1 is 1.00 bits per heavy atom. The number of hydrogen-bond donors (Lipinski definition) is 0. The zero-order valence-electron chi connectivity index (χ0n) is 11.8. The van der Waals surface area contributed by atoms with Crippen molar-refractivity contribution in [3.63, 3.8) is 0 Å². The van der Waals surface area contributed by atoms with Crippen LogP contribution in [-0.2, 0) is 6.42 Å². The summed E-state index contributed by atoms with van der Waals surface area (Å²) in [6.07, 6.45) is 9.82. The molecule has 0 radical (unpaired) electrons. The largest absolute Gasteiger partial charge is 0.338 e. The highest BCUT2D eigenvalue weighted by Crippen LogP contribution is 2.24. The minimum absolute atomic E-state index is 0.575. The van der Waals surface area contributed by atoms with Crippen molar-refractivity contribution in [2.24, 2.45) is 0 Å². The van der Waals surface area contributed by atoms with Crippen molar-refractivity contribution in [1.82, 2.24) is 9.97 Å². The summed E-state index contributed by atoms with van der Waals surface area (Å²) >= 11 is 0. The van der Waals surface area contributed by atoms with E-state index in [4.69, 9.17) is 0 Å². The van der Waals surface area contributed by atoms with E-state index in [1.165, 1.54) is 31.2 Å². The second kappa shape index (κ2) is 6.51. The number of aryl methyl sites for hydroxylation is 1. The van der Waals surface area contributed by atoms with Gasteiger partial charge in [-0.1, -0.05) is 30.3 Å². The maximum Gasteiger partial charge on any atom is 0.225 e. The zero-order chi connectivity index (χ0) is 13.6. The summed E-state index contributed by atoms with van der Waals surface area (Å²) in [6, 6.07) is 13.2. The van der Waals surface area contributed by atoms with Crippen molar-refractivity contribution in [3.8, 4) is 0 Å². The molecule has 1 aliphatic heterocycles. The molecule has 3 rings (SSSR count). The molecule has 1 unspecified atom stereocenters. The Morgan fingerprint density at radius 2 is 1.80 bits per heavy atom. The molecule has 0 spiro atoms. The van der Waals surface area contributed by atoms with Gasteiger partial charge >= 0.3 is 0 Å². The van der Waals surface area contributed by atoms with E-state index in [2.05, 4.69) is 45.2 Å². The lowest BCUT2D eigenvalue weighted by Gasteiger charge is -2.35. The normalized spacial score (nSPS) is 19.0. The van der Waals surface area contributed by atoms with Gasteiger partial charge in [-0.3, -0.25) is 0 Å². The lowest BCUT2D eigenvalue weighted by Crippen LogP contribution is -2.40. The second-order valence-corrected chi connectivity index (χ2v) is 5.42. The number of benzene rings is 1. The molecule has 20 heavy (non-hydrogen) atoms. The molecular weight excluding hydrogens is 246 g/mol. The molecule has 0 amide bonds. The zero-order valence-corrected chi connectivity index (χ0v) is 11.8. The summed E-state index contributed by atoms with van der Waals surface area (Å²) < 4.78 is 0. The molecule has 1 aromatic carbocycles. The molecule has 3 heteroatoms. The Hall–Kier alpha value is -1.90. The Labute approximate surface area is 120 Å². The van der Waals surface area contributed by atoms with Crippen LogP contribution in [0.3, 0.4) is 0 Å². The number of nitrogens with zero attached hydrogens (tertiary/aromatic N) is 3. The quantitative estimate of drug-likeness (QED) is 0.849. The number of aromatic nitrogens is 2. The van der Waals surface area contributed by atoms with E-state index in [-0.39, 0.29) is 0 Å². The van der Waals surface area contributed by atoms with Crippen LogP contribution in [0.25, 0.3) is 0 Å². The highest BCUT2D eigenvalue weighted by Gasteiger charge is 2.23. The average Bonchev–Trinajstić information content (AvgIpc) is 2.55. The fraction of sp³-hybridized carbons (Fsp3) is 0.412. The van der Waals surface area contributed by atoms with E-state index in [0.717, 1.165) is 18.9 Å². The third-order valence-corrected chi connectivity index (χ3v) is 4.05. The van der Waals surface area contributed by atoms with E-state index >= 15 is 0 Å². The predicted molar refractivity (Wildman–Crippen MR) is 81.8 cm³/mol. The average molecular weight is 267 g/mol. The van der Waals surface area contributed by atoms with Gasteiger partial charge in [0.2, 0.25) is 5.95 Å². The van der Waals surface area contributed by atoms with E-state index in [9.17, 15) is 0 Å². The predicted octanol–water partition coefficient (Wildman–Crippen LogP) is 3.47. The van der Waals surface area contributed by atoms with Gasteiger partial charge in [-0.25, -0.2) is 9.97 Å². The molecule has 0 N–H and O–H groups in total. The monoisotopic (exact) mass is 267 g/mol. The smallest absolute Gasteiger partial charge is 0.225 e. The molecule has 104 valence electrons. The molecule has 1 aliphatic rings. The maximum atomic E-state index is 4.42. The van der Waals surface area contributed by atoms with Crippen LogP contribution >= 0.6 is 0 Å². The summed E-state index contributed by atoms with van der Waals surface area (Å²) in [7, 11) is 0. The van der Waals surface area contributed by atoms with E-state index in [0.29, 0.717) is 6.04 Å². The van der Waals surface area contributed by atoms with Crippen LogP contribution in [0, 0.1) is 0 Å². The van der Waals surface area contributed by atoms with E-state index in [1.54, 1.807) is 0 Å². The van der Waals surface area contributed by atoms with Crippen LogP contribution in [0.4, 0.5) is 5.95 Å². The molecule has 2 aromatic rings. The minimum Gasteiger partial charge on any atom is -0.338 e. The summed E-state index contributed by atoms with van der Waals surface area (Å²) in [5, 5.41) is 0. The van der Waals surface area contributed by atoms with Crippen molar-refractivity contribution >= 4 is 5.95 Å². The van der Waals surface area contributed by atoms with Crippen molar-refractivity contribution in [3.05, 3.63) is 54.4 Å².